The highest BCUT2D eigenvalue weighted by Gasteiger charge is 2.23. The highest BCUT2D eigenvalue weighted by atomic mass is 35.5. The van der Waals surface area contributed by atoms with Gasteiger partial charge in [0.2, 0.25) is 0 Å². The lowest BCUT2D eigenvalue weighted by Crippen LogP contribution is -2.28. The molecule has 1 unspecified atom stereocenters. The van der Waals surface area contributed by atoms with Crippen LogP contribution in [0.1, 0.15) is 38.3 Å². The largest absolute Gasteiger partial charge is 0.382 e. The third-order valence-corrected chi connectivity index (χ3v) is 4.20. The molecule has 0 spiro atoms. The van der Waals surface area contributed by atoms with E-state index in [-0.39, 0.29) is 5.41 Å². The van der Waals surface area contributed by atoms with Crippen LogP contribution in [-0.2, 0) is 5.41 Å². The summed E-state index contributed by atoms with van der Waals surface area (Å²) in [6, 6.07) is 17.1. The highest BCUT2D eigenvalue weighted by molar-refractivity contribution is 6.30. The minimum Gasteiger partial charge on any atom is -0.382 e. The minimum atomic E-state index is 0.147. The second-order valence-electron chi connectivity index (χ2n) is 6.46. The lowest BCUT2D eigenvalue weighted by atomic mass is 9.79. The first-order chi connectivity index (χ1) is 9.88. The maximum Gasteiger partial charge on any atom is 0.0410 e. The van der Waals surface area contributed by atoms with Gasteiger partial charge >= 0.3 is 0 Å². The highest BCUT2D eigenvalue weighted by Crippen LogP contribution is 2.30. The first-order valence-electron chi connectivity index (χ1n) is 7.47. The fourth-order valence-electron chi connectivity index (χ4n) is 2.88. The summed E-state index contributed by atoms with van der Waals surface area (Å²) in [7, 11) is 0. The Morgan fingerprint density at radius 3 is 2.38 bits per heavy atom. The molecule has 1 N–H and O–H groups in total. The second-order valence-corrected chi connectivity index (χ2v) is 6.90. The van der Waals surface area contributed by atoms with Crippen LogP contribution in [0.4, 0.5) is 5.69 Å². The van der Waals surface area contributed by atoms with Crippen molar-refractivity contribution in [2.45, 2.75) is 45.6 Å². The van der Waals surface area contributed by atoms with E-state index in [1.54, 1.807) is 0 Å². The number of halogens is 1. The van der Waals surface area contributed by atoms with Crippen molar-refractivity contribution in [2.24, 2.45) is 0 Å². The lowest BCUT2D eigenvalue weighted by molar-refractivity contribution is 0.450. The Balaban J connectivity index is 2.06. The molecule has 0 bridgehead atoms. The quantitative estimate of drug-likeness (QED) is 0.734. The van der Waals surface area contributed by atoms with Gasteiger partial charge in [0.25, 0.3) is 0 Å². The van der Waals surface area contributed by atoms with Crippen LogP contribution in [0, 0.1) is 6.92 Å². The third kappa shape index (κ3) is 4.25. The van der Waals surface area contributed by atoms with Crippen LogP contribution < -0.4 is 5.32 Å². The van der Waals surface area contributed by atoms with Crippen molar-refractivity contribution in [3.05, 3.63) is 64.7 Å². The van der Waals surface area contributed by atoms with Crippen molar-refractivity contribution in [3.8, 4) is 0 Å². The van der Waals surface area contributed by atoms with E-state index in [2.05, 4.69) is 69.4 Å². The lowest BCUT2D eigenvalue weighted by Gasteiger charge is -2.30. The van der Waals surface area contributed by atoms with E-state index in [4.69, 9.17) is 11.6 Å². The molecule has 2 rings (SSSR count). The fourth-order valence-corrected chi connectivity index (χ4v) is 3.10. The predicted octanol–water partition coefficient (Wildman–Crippen LogP) is 5.82. The molecule has 21 heavy (non-hydrogen) atoms. The van der Waals surface area contributed by atoms with Crippen LogP contribution >= 0.6 is 11.6 Å². The van der Waals surface area contributed by atoms with Gasteiger partial charge in [-0.05, 0) is 55.0 Å². The van der Waals surface area contributed by atoms with Crippen LogP contribution in [0.25, 0.3) is 0 Å². The Morgan fingerprint density at radius 1 is 1.10 bits per heavy atom. The number of rotatable bonds is 5. The summed E-state index contributed by atoms with van der Waals surface area (Å²) >= 11 is 6.01. The average molecular weight is 302 g/mol. The molecule has 0 amide bonds. The summed E-state index contributed by atoms with van der Waals surface area (Å²) in [5.41, 5.74) is 3.88. The summed E-state index contributed by atoms with van der Waals surface area (Å²) < 4.78 is 0. The molecular weight excluding hydrogens is 278 g/mol. The Labute approximate surface area is 133 Å². The van der Waals surface area contributed by atoms with Gasteiger partial charge in [0.15, 0.2) is 0 Å². The van der Waals surface area contributed by atoms with Gasteiger partial charge in [0.1, 0.15) is 0 Å². The van der Waals surface area contributed by atoms with Crippen molar-refractivity contribution in [1.29, 1.82) is 0 Å². The summed E-state index contributed by atoms with van der Waals surface area (Å²) in [5, 5.41) is 4.39. The molecule has 0 saturated carbocycles. The van der Waals surface area contributed by atoms with E-state index in [1.165, 1.54) is 11.1 Å². The zero-order chi connectivity index (χ0) is 15.5. The van der Waals surface area contributed by atoms with Crippen molar-refractivity contribution in [1.82, 2.24) is 0 Å². The Hall–Kier alpha value is -1.47. The SMILES string of the molecule is Cc1cc(Cl)ccc1NC(C)CC(C)(C)c1ccccc1. The molecule has 0 aliphatic carbocycles. The van der Waals surface area contributed by atoms with E-state index in [9.17, 15) is 0 Å². The maximum absolute atomic E-state index is 6.01. The molecule has 2 aromatic carbocycles. The molecule has 0 heterocycles. The molecule has 1 nitrogen and oxygen atoms in total. The van der Waals surface area contributed by atoms with Crippen LogP contribution in [0.2, 0.25) is 5.02 Å². The second kappa shape index (κ2) is 6.53. The van der Waals surface area contributed by atoms with Gasteiger partial charge < -0.3 is 5.32 Å². The molecule has 0 aliphatic rings. The van der Waals surface area contributed by atoms with Gasteiger partial charge in [-0.1, -0.05) is 55.8 Å². The number of hydrogen-bond acceptors (Lipinski definition) is 1. The third-order valence-electron chi connectivity index (χ3n) is 3.96. The molecule has 1 atom stereocenters. The summed E-state index contributed by atoms with van der Waals surface area (Å²) in [6.45, 7) is 8.92. The minimum absolute atomic E-state index is 0.147. The molecule has 0 aliphatic heterocycles. The fraction of sp³-hybridized carbons (Fsp3) is 0.368. The average Bonchev–Trinajstić information content (AvgIpc) is 2.42. The first-order valence-corrected chi connectivity index (χ1v) is 7.84. The normalized spacial score (nSPS) is 13.0. The molecular formula is C19H24ClN. The van der Waals surface area contributed by atoms with E-state index in [0.717, 1.165) is 17.1 Å². The van der Waals surface area contributed by atoms with Gasteiger partial charge in [-0.3, -0.25) is 0 Å². The molecule has 0 saturated heterocycles. The summed E-state index contributed by atoms with van der Waals surface area (Å²) in [6.07, 6.45) is 1.07. The molecule has 112 valence electrons. The maximum atomic E-state index is 6.01. The number of anilines is 1. The van der Waals surface area contributed by atoms with Crippen LogP contribution in [0.3, 0.4) is 0 Å². The van der Waals surface area contributed by atoms with Crippen molar-refractivity contribution < 1.29 is 0 Å². The number of benzene rings is 2. The van der Waals surface area contributed by atoms with Gasteiger partial charge in [-0.15, -0.1) is 0 Å². The number of hydrogen-bond donors (Lipinski definition) is 1. The van der Waals surface area contributed by atoms with Gasteiger partial charge in [0, 0.05) is 16.8 Å². The molecule has 2 aromatic rings. The predicted molar refractivity (Wildman–Crippen MR) is 93.4 cm³/mol. The topological polar surface area (TPSA) is 12.0 Å². The molecule has 0 aromatic heterocycles. The number of aryl methyl sites for hydroxylation is 1. The van der Waals surface area contributed by atoms with Crippen molar-refractivity contribution >= 4 is 17.3 Å². The molecule has 0 fully saturated rings. The Bertz CT molecular complexity index is 590. The van der Waals surface area contributed by atoms with Crippen LogP contribution in [0.5, 0.6) is 0 Å². The van der Waals surface area contributed by atoms with Crippen LogP contribution in [0.15, 0.2) is 48.5 Å². The Morgan fingerprint density at radius 2 is 1.76 bits per heavy atom. The van der Waals surface area contributed by atoms with Crippen LogP contribution in [-0.4, -0.2) is 6.04 Å². The zero-order valence-corrected chi connectivity index (χ0v) is 14.0. The van der Waals surface area contributed by atoms with Gasteiger partial charge in [-0.25, -0.2) is 0 Å². The standard InChI is InChI=1S/C19H24ClN/c1-14-12-17(20)10-11-18(14)21-15(2)13-19(3,4)16-8-6-5-7-9-16/h5-12,15,21H,13H2,1-4H3. The zero-order valence-electron chi connectivity index (χ0n) is 13.3. The first kappa shape index (κ1) is 15.9. The summed E-state index contributed by atoms with van der Waals surface area (Å²) in [5.74, 6) is 0. The van der Waals surface area contributed by atoms with Crippen molar-refractivity contribution in [2.75, 3.05) is 5.32 Å². The summed E-state index contributed by atoms with van der Waals surface area (Å²) in [4.78, 5) is 0. The molecule has 2 heteroatoms. The van der Waals surface area contributed by atoms with E-state index >= 15 is 0 Å². The smallest absolute Gasteiger partial charge is 0.0410 e. The van der Waals surface area contributed by atoms with E-state index in [0.29, 0.717) is 6.04 Å². The number of nitrogens with one attached hydrogen (secondary N) is 1. The Kier molecular flexibility index (Phi) is 4.95. The van der Waals surface area contributed by atoms with Gasteiger partial charge in [0.05, 0.1) is 0 Å². The van der Waals surface area contributed by atoms with E-state index in [1.807, 2.05) is 12.1 Å². The monoisotopic (exact) mass is 301 g/mol. The van der Waals surface area contributed by atoms with Crippen molar-refractivity contribution in [3.63, 3.8) is 0 Å². The van der Waals surface area contributed by atoms with Gasteiger partial charge in [-0.2, -0.15) is 0 Å². The van der Waals surface area contributed by atoms with E-state index < -0.39 is 0 Å². The molecule has 0 radical (unpaired) electrons.